The van der Waals surface area contributed by atoms with Crippen molar-refractivity contribution in [1.29, 1.82) is 0 Å². The van der Waals surface area contributed by atoms with Crippen molar-refractivity contribution in [2.75, 3.05) is 0 Å². The molecule has 24 fully saturated rings. The van der Waals surface area contributed by atoms with E-state index < -0.39 is 0 Å². The molecule has 794 valence electrons. The molecular weight excluding hydrogens is 1600 g/mol. The second kappa shape index (κ2) is 100. The molecule has 24 aliphatic rings. The Hall–Kier alpha value is -0.860. The molecule has 132 heavy (non-hydrogen) atoms. The Morgan fingerprint density at radius 3 is 0.545 bits per heavy atom. The van der Waals surface area contributed by atoms with Crippen molar-refractivity contribution >= 4 is 11.8 Å². The summed E-state index contributed by atoms with van der Waals surface area (Å²) in [5, 5.41) is 0. The van der Waals surface area contributed by atoms with Crippen molar-refractivity contribution in [3.63, 3.8) is 0 Å². The highest BCUT2D eigenvalue weighted by molar-refractivity contribution is 5.78. The zero-order chi connectivity index (χ0) is 98.7. The first-order valence-corrected chi connectivity index (χ1v) is 64.2. The summed E-state index contributed by atoms with van der Waals surface area (Å²) < 4.78 is 4.92. The fraction of sp³-hybridized carbons (Fsp3) is 0.984. The molecule has 0 N–H and O–H groups in total. The van der Waals surface area contributed by atoms with E-state index in [1.54, 1.807) is 180 Å². The molecule has 12 atom stereocenters. The van der Waals surface area contributed by atoms with Gasteiger partial charge in [0.2, 0.25) is 0 Å². The van der Waals surface area contributed by atoms with Crippen molar-refractivity contribution in [2.24, 2.45) is 112 Å². The third-order valence-corrected chi connectivity index (χ3v) is 33.6. The number of fused-ring (bicyclic) bond motifs is 18. The summed E-state index contributed by atoms with van der Waals surface area (Å²) in [4.78, 5) is 21.1. The van der Waals surface area contributed by atoms with Crippen molar-refractivity contribution in [3.8, 4) is 0 Å². The summed E-state index contributed by atoms with van der Waals surface area (Å²) >= 11 is 0. The molecule has 0 aromatic heterocycles. The van der Waals surface area contributed by atoms with Gasteiger partial charge in [0.05, 0.1) is 5.92 Å². The van der Waals surface area contributed by atoms with Crippen LogP contribution >= 0.6 is 0 Å². The summed E-state index contributed by atoms with van der Waals surface area (Å²) in [6, 6.07) is 0. The molecule has 0 spiro atoms. The zero-order valence-corrected chi connectivity index (χ0v) is 97.0. The standard InChI is InChI=1S/C17H28.C12H18.C12H24.C10H16.C8H16.C7H12.C7H14.C6H8O2.C6H10O.C6H12.C5H10.C4H8.C3H6.13C2H6/c1-2-6-14-12(4-1)8-10-17-15-7-3-5-13(15)9-11-16(14)17;1-2-8-5-7(1)11-9-3-4-10(6-9)12(8)11;1-2-4-6-8-10-12-11-9-7-5-3-1;1-7-2-9-4-8(1)5-10(3-7)6-9;1-2-4-6-8-7-5-3-1;1-2-7-4-3-6(1)5-7;1-2-4-6-7-5-3-1;7-6-4-1-2-5(3-4)8-6;7-6-4-2-1-3-5-6;1-2-4-6-5-3-1;1-2-4-5-3-1;1-2-4-3-1;1-2-3-1;13*1-2/h12-17H,1-11H2;7-12H,1-6H2;1-12H2;7-10H,1-6H2;1-8H2;6-7H,1-5H2;1-7H2;4-5H,1-3H2;1-5H2;1-6H2;1-5H2;1-4H2;1-3H2;13*1-2H3. The second-order valence-electron chi connectivity index (χ2n) is 41.9. The van der Waals surface area contributed by atoms with Gasteiger partial charge in [-0.25, -0.2) is 0 Å². The van der Waals surface area contributed by atoms with E-state index in [1.807, 2.05) is 180 Å². The third-order valence-electron chi connectivity index (χ3n) is 33.6. The Morgan fingerprint density at radius 1 is 0.159 bits per heavy atom. The molecule has 1 heterocycles. The number of ether oxygens (including phenoxy) is 1. The van der Waals surface area contributed by atoms with Crippen molar-refractivity contribution < 1.29 is 14.3 Å². The van der Waals surface area contributed by atoms with Crippen molar-refractivity contribution in [2.45, 2.75) is 706 Å². The summed E-state index contributed by atoms with van der Waals surface area (Å²) in [6.07, 6.45) is 121. The van der Waals surface area contributed by atoms with Gasteiger partial charge in [0.1, 0.15) is 11.9 Å². The van der Waals surface area contributed by atoms with Crippen LogP contribution in [0.15, 0.2) is 0 Å². The van der Waals surface area contributed by atoms with Gasteiger partial charge in [0, 0.05) is 12.8 Å². The summed E-state index contributed by atoms with van der Waals surface area (Å²) in [5.41, 5.74) is 0. The topological polar surface area (TPSA) is 43.4 Å². The molecule has 24 rings (SSSR count). The molecule has 0 aromatic rings. The second-order valence-corrected chi connectivity index (χ2v) is 41.9. The molecule has 1 aliphatic heterocycles. The minimum atomic E-state index is 0.0428. The number of ketones is 1. The first kappa shape index (κ1) is 135. The lowest BCUT2D eigenvalue weighted by Crippen LogP contribution is -2.43. The number of hydrogen-bond donors (Lipinski definition) is 0. The number of Topliss-reactive ketones (excluding diaryl/α,β-unsaturated/α-hetero) is 1. The number of carbonyl (C=O) groups excluding carboxylic acids is 2. The van der Waals surface area contributed by atoms with E-state index in [0.717, 1.165) is 56.8 Å². The van der Waals surface area contributed by atoms with Crippen molar-refractivity contribution in [3.05, 3.63) is 0 Å². The molecule has 23 aliphatic carbocycles. The molecule has 1 saturated heterocycles. The largest absolute Gasteiger partial charge is 0.462 e. The minimum absolute atomic E-state index is 0.0428. The molecule has 0 radical (unpaired) electrons. The Morgan fingerprint density at radius 2 is 0.364 bits per heavy atom. The first-order chi connectivity index (χ1) is 65.5. The molecule has 12 unspecified atom stereocenters. The van der Waals surface area contributed by atoms with Crippen LogP contribution in [0.5, 0.6) is 0 Å². The highest BCUT2D eigenvalue weighted by atomic mass is 16.6. The summed E-state index contributed by atoms with van der Waals surface area (Å²) in [5.74, 6) is 22.1. The molecule has 3 heteroatoms. The van der Waals surface area contributed by atoms with Gasteiger partial charge < -0.3 is 4.74 Å². The third kappa shape index (κ3) is 61.2. The van der Waals surface area contributed by atoms with E-state index in [-0.39, 0.29) is 11.9 Å². The van der Waals surface area contributed by atoms with Gasteiger partial charge in [-0.05, 0) is 261 Å². The fourth-order valence-electron chi connectivity index (χ4n) is 27.6. The average Bonchev–Trinajstić information content (AvgIpc) is 1.56. The van der Waals surface area contributed by atoms with Crippen LogP contribution in [0, 0.1) is 112 Å². The maximum atomic E-state index is 10.6. The van der Waals surface area contributed by atoms with Gasteiger partial charge in [0.15, 0.2) is 0 Å². The Kier molecular flexibility index (Phi) is 103. The van der Waals surface area contributed by atoms with Gasteiger partial charge in [0.25, 0.3) is 0 Å². The fourth-order valence-corrected chi connectivity index (χ4v) is 27.6. The highest BCUT2D eigenvalue weighted by Gasteiger charge is 2.59. The van der Waals surface area contributed by atoms with E-state index in [2.05, 4.69) is 0 Å². The van der Waals surface area contributed by atoms with E-state index in [9.17, 15) is 9.59 Å². The first-order valence-electron chi connectivity index (χ1n) is 64.2. The highest BCUT2D eigenvalue weighted by Crippen LogP contribution is 2.67. The van der Waals surface area contributed by atoms with Gasteiger partial charge in [-0.2, -0.15) is 0 Å². The van der Waals surface area contributed by atoms with E-state index >= 15 is 0 Å². The van der Waals surface area contributed by atoms with Crippen LogP contribution in [0.25, 0.3) is 0 Å². The predicted octanol–water partition coefficient (Wildman–Crippen LogP) is 46.3. The molecule has 12 bridgehead atoms. The van der Waals surface area contributed by atoms with Crippen LogP contribution in [-0.4, -0.2) is 17.9 Å². The average molecular weight is 1860 g/mol. The predicted molar refractivity (Wildman–Crippen MR) is 603 cm³/mol. The van der Waals surface area contributed by atoms with Crippen LogP contribution < -0.4 is 0 Å². The Balaban J connectivity index is -0.00000136. The van der Waals surface area contributed by atoms with E-state index in [4.69, 9.17) is 4.74 Å². The Labute approximate surface area is 839 Å². The van der Waals surface area contributed by atoms with Crippen LogP contribution in [0.4, 0.5) is 0 Å². The smallest absolute Gasteiger partial charge is 0.309 e. The summed E-state index contributed by atoms with van der Waals surface area (Å²) in [7, 11) is 0. The molecular formula is C129H260O3. The van der Waals surface area contributed by atoms with E-state index in [1.165, 1.54) is 390 Å². The van der Waals surface area contributed by atoms with Crippen LogP contribution in [0.2, 0.25) is 0 Å². The quantitative estimate of drug-likeness (QED) is 0.138. The lowest BCUT2D eigenvalue weighted by Gasteiger charge is -2.51. The minimum Gasteiger partial charge on any atom is -0.462 e. The number of esters is 1. The van der Waals surface area contributed by atoms with Gasteiger partial charge in [-0.3, -0.25) is 9.59 Å². The van der Waals surface area contributed by atoms with E-state index in [0.29, 0.717) is 11.9 Å². The normalized spacial score (nSPS) is 32.4. The molecule has 0 amide bonds. The van der Waals surface area contributed by atoms with Crippen LogP contribution in [-0.2, 0) is 14.3 Å². The van der Waals surface area contributed by atoms with Crippen LogP contribution in [0.3, 0.4) is 0 Å². The van der Waals surface area contributed by atoms with Gasteiger partial charge >= 0.3 is 5.97 Å². The zero-order valence-electron chi connectivity index (χ0n) is 97.0. The van der Waals surface area contributed by atoms with Crippen LogP contribution in [0.1, 0.15) is 700 Å². The summed E-state index contributed by atoms with van der Waals surface area (Å²) in [6.45, 7) is 52.0. The number of carbonyl (C=O) groups is 2. The molecule has 0 aromatic carbocycles. The maximum Gasteiger partial charge on any atom is 0.309 e. The molecule has 23 saturated carbocycles. The number of hydrogen-bond acceptors (Lipinski definition) is 3. The SMILES string of the molecule is C1C2CC3CC1CC(C2)C3.C1CC1.C1CC2CC1C1C3CCC(C3)C21.C1CC2CCC1C2.C1CCC1.C1CCC2C(C1)CCC1C3CCCC3CCC21.C1CCCC1.C1CCCCC1.C1CCCCCC1.C1CCCCCCC1.C1CCCCCCCCCCC1.CC.CC.CC.CC.CC.CC.CC.CC.CC.CC.CC.CC.CC.O=C1CCCCC1.O=C1OC2CCC1C2. The molecule has 3 nitrogen and oxygen atoms in total. The maximum absolute atomic E-state index is 10.6. The Bertz CT molecular complexity index is 2000. The number of rotatable bonds is 0. The van der Waals surface area contributed by atoms with Gasteiger partial charge in [-0.1, -0.05) is 533 Å². The van der Waals surface area contributed by atoms with Crippen molar-refractivity contribution in [1.82, 2.24) is 0 Å². The monoisotopic (exact) mass is 1860 g/mol. The lowest BCUT2D eigenvalue weighted by atomic mass is 9.54. The van der Waals surface area contributed by atoms with Gasteiger partial charge in [-0.15, -0.1) is 0 Å². The lowest BCUT2D eigenvalue weighted by molar-refractivity contribution is -0.147.